The maximum Gasteiger partial charge on any atom is 0.200 e. The van der Waals surface area contributed by atoms with Crippen LogP contribution >= 0.6 is 0 Å². The van der Waals surface area contributed by atoms with Crippen LogP contribution < -0.4 is 10.2 Å². The minimum atomic E-state index is -0.0391. The minimum absolute atomic E-state index is 0.0391. The van der Waals surface area contributed by atoms with Crippen LogP contribution in [0.25, 0.3) is 22.1 Å². The highest BCUT2D eigenvalue weighted by Gasteiger charge is 2.22. The summed E-state index contributed by atoms with van der Waals surface area (Å²) in [7, 11) is 0. The molecular formula is C20H19NO4. The number of ether oxygens (including phenoxy) is 1. The summed E-state index contributed by atoms with van der Waals surface area (Å²) in [5.41, 5.74) is 2.83. The van der Waals surface area contributed by atoms with Crippen LogP contribution in [0.5, 0.6) is 5.75 Å². The molecule has 0 saturated carbocycles. The number of rotatable bonds is 4. The highest BCUT2D eigenvalue weighted by atomic mass is 16.5. The van der Waals surface area contributed by atoms with E-state index in [9.17, 15) is 4.79 Å². The van der Waals surface area contributed by atoms with Gasteiger partial charge < -0.3 is 14.3 Å². The number of hydrogen-bond acceptors (Lipinski definition) is 5. The van der Waals surface area contributed by atoms with Crippen molar-refractivity contribution in [3.05, 3.63) is 64.5 Å². The van der Waals surface area contributed by atoms with E-state index in [4.69, 9.17) is 14.3 Å². The number of fused-ring (bicyclic) bond motifs is 3. The van der Waals surface area contributed by atoms with E-state index in [-0.39, 0.29) is 12.0 Å². The van der Waals surface area contributed by atoms with Gasteiger partial charge in [0.1, 0.15) is 24.3 Å². The normalized spacial score (nSPS) is 14.3. The van der Waals surface area contributed by atoms with Gasteiger partial charge in [-0.2, -0.15) is 0 Å². The first kappa shape index (κ1) is 15.9. The maximum absolute atomic E-state index is 12.9. The van der Waals surface area contributed by atoms with Gasteiger partial charge in [-0.05, 0) is 24.1 Å². The van der Waals surface area contributed by atoms with Crippen LogP contribution in [0.4, 0.5) is 0 Å². The molecule has 0 fully saturated rings. The topological polar surface area (TPSA) is 62.9 Å². The van der Waals surface area contributed by atoms with Crippen molar-refractivity contribution < 1.29 is 14.3 Å². The molecule has 0 bridgehead atoms. The summed E-state index contributed by atoms with van der Waals surface area (Å²) in [6, 6.07) is 13.1. The van der Waals surface area contributed by atoms with Gasteiger partial charge in [-0.15, -0.1) is 0 Å². The zero-order chi connectivity index (χ0) is 17.2. The summed E-state index contributed by atoms with van der Waals surface area (Å²) >= 11 is 0. The number of benzene rings is 2. The summed E-state index contributed by atoms with van der Waals surface area (Å²) in [6.07, 6.45) is 2.22. The van der Waals surface area contributed by atoms with Gasteiger partial charge in [0.15, 0.2) is 0 Å². The molecular weight excluding hydrogens is 318 g/mol. The smallest absolute Gasteiger partial charge is 0.200 e. The average Bonchev–Trinajstić information content (AvgIpc) is 2.67. The fourth-order valence-corrected chi connectivity index (χ4v) is 3.21. The van der Waals surface area contributed by atoms with Crippen molar-refractivity contribution in [3.63, 3.8) is 0 Å². The third-order valence-corrected chi connectivity index (χ3v) is 4.50. The molecule has 1 N–H and O–H groups in total. The van der Waals surface area contributed by atoms with Crippen molar-refractivity contribution >= 4 is 11.0 Å². The lowest BCUT2D eigenvalue weighted by Gasteiger charge is -2.29. The number of hydrogen-bond donors (Lipinski definition) is 1. The van der Waals surface area contributed by atoms with E-state index < -0.39 is 0 Å². The fraction of sp³-hybridized carbons (Fsp3) is 0.250. The monoisotopic (exact) mass is 337 g/mol. The lowest BCUT2D eigenvalue weighted by molar-refractivity contribution is 0.0887. The summed E-state index contributed by atoms with van der Waals surface area (Å²) in [6.45, 7) is 2.00. The van der Waals surface area contributed by atoms with E-state index in [1.54, 1.807) is 6.07 Å². The van der Waals surface area contributed by atoms with Crippen molar-refractivity contribution in [2.75, 3.05) is 19.9 Å². The first-order valence-corrected chi connectivity index (χ1v) is 8.37. The van der Waals surface area contributed by atoms with E-state index in [2.05, 4.69) is 4.90 Å². The van der Waals surface area contributed by atoms with E-state index in [0.29, 0.717) is 36.2 Å². The molecule has 1 aliphatic heterocycles. The van der Waals surface area contributed by atoms with Crippen LogP contribution in [0.1, 0.15) is 12.0 Å². The lowest BCUT2D eigenvalue weighted by atomic mass is 10.0. The van der Waals surface area contributed by atoms with Gasteiger partial charge in [0.25, 0.3) is 0 Å². The Bertz CT molecular complexity index is 949. The van der Waals surface area contributed by atoms with Crippen LogP contribution in [-0.4, -0.2) is 29.9 Å². The molecule has 0 saturated heterocycles. The van der Waals surface area contributed by atoms with E-state index >= 15 is 0 Å². The fourth-order valence-electron chi connectivity index (χ4n) is 3.21. The Morgan fingerprint density at radius 2 is 1.96 bits per heavy atom. The highest BCUT2D eigenvalue weighted by Crippen LogP contribution is 2.32. The minimum Gasteiger partial charge on any atom is -0.478 e. The molecule has 0 radical (unpaired) electrons. The van der Waals surface area contributed by atoms with Gasteiger partial charge >= 0.3 is 0 Å². The molecule has 25 heavy (non-hydrogen) atoms. The Morgan fingerprint density at radius 1 is 1.12 bits per heavy atom. The summed E-state index contributed by atoms with van der Waals surface area (Å²) < 4.78 is 11.7. The zero-order valence-corrected chi connectivity index (χ0v) is 13.8. The Morgan fingerprint density at radius 3 is 2.76 bits per heavy atom. The SMILES string of the molecule is O=c1c(-c2ccccc2)coc2c3c(ccc12)OCN(CCCO)C3. The largest absolute Gasteiger partial charge is 0.478 e. The standard InChI is InChI=1S/C20H19NO4/c22-10-4-9-21-11-16-18(25-13-21)8-7-15-19(23)17(12-24-20(15)16)14-5-2-1-3-6-14/h1-3,5-8,12,22H,4,9-11,13H2. The molecule has 0 aliphatic carbocycles. The second-order valence-electron chi connectivity index (χ2n) is 6.17. The number of aliphatic hydroxyl groups excluding tert-OH is 1. The lowest BCUT2D eigenvalue weighted by Crippen LogP contribution is -2.33. The Hall–Kier alpha value is -2.63. The molecule has 1 aliphatic rings. The first-order valence-electron chi connectivity index (χ1n) is 8.37. The molecule has 2 heterocycles. The molecule has 1 aromatic heterocycles. The molecule has 5 heteroatoms. The van der Waals surface area contributed by atoms with Crippen LogP contribution in [0.2, 0.25) is 0 Å². The predicted molar refractivity (Wildman–Crippen MR) is 95.5 cm³/mol. The third kappa shape index (κ3) is 2.92. The zero-order valence-electron chi connectivity index (χ0n) is 13.8. The molecule has 0 atom stereocenters. The van der Waals surface area contributed by atoms with Crippen molar-refractivity contribution in [2.45, 2.75) is 13.0 Å². The third-order valence-electron chi connectivity index (χ3n) is 4.50. The number of nitrogens with zero attached hydrogens (tertiary/aromatic N) is 1. The predicted octanol–water partition coefficient (Wildman–Crippen LogP) is 2.99. The molecule has 128 valence electrons. The van der Waals surface area contributed by atoms with Gasteiger partial charge in [-0.3, -0.25) is 9.69 Å². The summed E-state index contributed by atoms with van der Waals surface area (Å²) in [5.74, 6) is 0.753. The van der Waals surface area contributed by atoms with E-state index in [0.717, 1.165) is 23.4 Å². The summed E-state index contributed by atoms with van der Waals surface area (Å²) in [5, 5.41) is 9.57. The van der Waals surface area contributed by atoms with Crippen LogP contribution in [-0.2, 0) is 6.54 Å². The quantitative estimate of drug-likeness (QED) is 0.793. The van der Waals surface area contributed by atoms with Crippen LogP contribution in [0, 0.1) is 0 Å². The van der Waals surface area contributed by atoms with Gasteiger partial charge in [0.05, 0.1) is 16.5 Å². The molecule has 3 aromatic rings. The Kier molecular flexibility index (Phi) is 4.26. The van der Waals surface area contributed by atoms with E-state index in [1.165, 1.54) is 6.26 Å². The van der Waals surface area contributed by atoms with Crippen LogP contribution in [0.15, 0.2) is 57.9 Å². The van der Waals surface area contributed by atoms with Crippen molar-refractivity contribution in [1.29, 1.82) is 0 Å². The Balaban J connectivity index is 1.79. The molecule has 5 nitrogen and oxygen atoms in total. The van der Waals surface area contributed by atoms with E-state index in [1.807, 2.05) is 36.4 Å². The molecule has 0 spiro atoms. The van der Waals surface area contributed by atoms with Crippen molar-refractivity contribution in [1.82, 2.24) is 4.90 Å². The van der Waals surface area contributed by atoms with Gasteiger partial charge in [-0.25, -0.2) is 0 Å². The van der Waals surface area contributed by atoms with Gasteiger partial charge in [0.2, 0.25) is 5.43 Å². The summed E-state index contributed by atoms with van der Waals surface area (Å²) in [4.78, 5) is 15.0. The van der Waals surface area contributed by atoms with Crippen LogP contribution in [0.3, 0.4) is 0 Å². The average molecular weight is 337 g/mol. The molecule has 4 rings (SSSR count). The van der Waals surface area contributed by atoms with Gasteiger partial charge in [0, 0.05) is 19.7 Å². The Labute approximate surface area is 145 Å². The maximum atomic E-state index is 12.9. The second kappa shape index (κ2) is 6.70. The van der Waals surface area contributed by atoms with Crippen molar-refractivity contribution in [3.8, 4) is 16.9 Å². The molecule has 2 aromatic carbocycles. The highest BCUT2D eigenvalue weighted by molar-refractivity contribution is 5.85. The first-order chi connectivity index (χ1) is 12.3. The molecule has 0 unspecified atom stereocenters. The van der Waals surface area contributed by atoms with Gasteiger partial charge in [-0.1, -0.05) is 30.3 Å². The number of aliphatic hydroxyl groups is 1. The van der Waals surface area contributed by atoms with Crippen molar-refractivity contribution in [2.24, 2.45) is 0 Å². The second-order valence-corrected chi connectivity index (χ2v) is 6.17. The molecule has 0 amide bonds.